The number of nitrogens with one attached hydrogen (secondary N) is 1. The minimum atomic E-state index is -3.63. The zero-order valence-corrected chi connectivity index (χ0v) is 16.0. The average Bonchev–Trinajstić information content (AvgIpc) is 2.64. The maximum Gasteiger partial charge on any atom is 0.215 e. The maximum atomic E-state index is 13.8. The first-order valence-electron chi connectivity index (χ1n) is 8.51. The van der Waals surface area contributed by atoms with Crippen LogP contribution in [0.25, 0.3) is 0 Å². The molecule has 0 saturated carbocycles. The Morgan fingerprint density at radius 1 is 1.04 bits per heavy atom. The van der Waals surface area contributed by atoms with Crippen molar-refractivity contribution in [3.63, 3.8) is 0 Å². The van der Waals surface area contributed by atoms with Crippen LogP contribution in [-0.4, -0.2) is 32.9 Å². The Bertz CT molecular complexity index is 822. The Balaban J connectivity index is 1.70. The quantitative estimate of drug-likeness (QED) is 0.778. The molecule has 0 atom stereocenters. The van der Waals surface area contributed by atoms with E-state index in [0.717, 1.165) is 17.7 Å². The van der Waals surface area contributed by atoms with Gasteiger partial charge in [-0.1, -0.05) is 36.4 Å². The van der Waals surface area contributed by atoms with Crippen LogP contribution in [0.1, 0.15) is 18.4 Å². The monoisotopic (exact) mass is 395 g/mol. The van der Waals surface area contributed by atoms with Crippen molar-refractivity contribution >= 4 is 21.8 Å². The molecular formula is C19H22FNO3S2. The fourth-order valence-electron chi connectivity index (χ4n) is 2.91. The molecule has 0 aliphatic carbocycles. The summed E-state index contributed by atoms with van der Waals surface area (Å²) in [5.74, 6) is -0.861. The van der Waals surface area contributed by atoms with Gasteiger partial charge in [0.25, 0.3) is 0 Å². The van der Waals surface area contributed by atoms with E-state index in [2.05, 4.69) is 4.72 Å². The van der Waals surface area contributed by atoms with Crippen LogP contribution in [0.4, 0.5) is 4.39 Å². The highest BCUT2D eigenvalue weighted by Gasteiger charge is 2.35. The minimum absolute atomic E-state index is 0.178. The molecule has 1 heterocycles. The lowest BCUT2D eigenvalue weighted by atomic mass is 9.99. The molecule has 3 rings (SSSR count). The Hall–Kier alpha value is -1.41. The fourth-order valence-corrected chi connectivity index (χ4v) is 5.55. The molecule has 2 aromatic rings. The summed E-state index contributed by atoms with van der Waals surface area (Å²) in [4.78, 5) is 1.10. The lowest BCUT2D eigenvalue weighted by Crippen LogP contribution is -2.44. The van der Waals surface area contributed by atoms with Gasteiger partial charge in [-0.25, -0.2) is 17.5 Å². The summed E-state index contributed by atoms with van der Waals surface area (Å²) in [5, 5.41) is 0. The van der Waals surface area contributed by atoms with E-state index in [-0.39, 0.29) is 16.1 Å². The van der Waals surface area contributed by atoms with Crippen molar-refractivity contribution in [3.8, 4) is 0 Å². The largest absolute Gasteiger partial charge is 0.381 e. The molecule has 140 valence electrons. The Labute approximate surface area is 158 Å². The van der Waals surface area contributed by atoms with Crippen LogP contribution in [0.2, 0.25) is 0 Å². The van der Waals surface area contributed by atoms with Gasteiger partial charge in [0, 0.05) is 35.0 Å². The third-order valence-corrected chi connectivity index (χ3v) is 7.17. The van der Waals surface area contributed by atoms with E-state index in [1.54, 1.807) is 23.9 Å². The van der Waals surface area contributed by atoms with Crippen LogP contribution >= 0.6 is 11.8 Å². The molecule has 1 fully saturated rings. The number of rotatable bonds is 7. The number of halogens is 1. The van der Waals surface area contributed by atoms with Gasteiger partial charge in [0.1, 0.15) is 5.82 Å². The molecule has 0 radical (unpaired) electrons. The predicted octanol–water partition coefficient (Wildman–Crippen LogP) is 3.59. The summed E-state index contributed by atoms with van der Waals surface area (Å²) in [5.41, 5.74) is 0.178. The second-order valence-corrected chi connectivity index (χ2v) is 9.73. The van der Waals surface area contributed by atoms with E-state index >= 15 is 0 Å². The van der Waals surface area contributed by atoms with Gasteiger partial charge in [-0.3, -0.25) is 0 Å². The Morgan fingerprint density at radius 2 is 1.69 bits per heavy atom. The van der Waals surface area contributed by atoms with Crippen LogP contribution in [0.3, 0.4) is 0 Å². The van der Waals surface area contributed by atoms with Crippen LogP contribution in [0.5, 0.6) is 0 Å². The molecular weight excluding hydrogens is 373 g/mol. The average molecular weight is 396 g/mol. The van der Waals surface area contributed by atoms with Crippen molar-refractivity contribution in [2.75, 3.05) is 19.8 Å². The summed E-state index contributed by atoms with van der Waals surface area (Å²) in [6.07, 6.45) is 1.52. The molecule has 1 aliphatic rings. The number of ether oxygens (including phenoxy) is 1. The number of hydrogen-bond acceptors (Lipinski definition) is 4. The van der Waals surface area contributed by atoms with Crippen LogP contribution in [-0.2, 0) is 20.5 Å². The highest BCUT2D eigenvalue weighted by molar-refractivity contribution is 8.00. The lowest BCUT2D eigenvalue weighted by Gasteiger charge is -2.36. The topological polar surface area (TPSA) is 55.4 Å². The van der Waals surface area contributed by atoms with E-state index in [4.69, 9.17) is 4.74 Å². The fraction of sp³-hybridized carbons (Fsp3) is 0.368. The van der Waals surface area contributed by atoms with Crippen molar-refractivity contribution in [3.05, 3.63) is 66.0 Å². The van der Waals surface area contributed by atoms with Gasteiger partial charge in [0.15, 0.2) is 0 Å². The van der Waals surface area contributed by atoms with Crippen molar-refractivity contribution in [1.29, 1.82) is 0 Å². The van der Waals surface area contributed by atoms with E-state index < -0.39 is 15.8 Å². The summed E-state index contributed by atoms with van der Waals surface area (Å²) in [6.45, 7) is 1.51. The zero-order valence-electron chi connectivity index (χ0n) is 14.4. The van der Waals surface area contributed by atoms with Crippen LogP contribution in [0.15, 0.2) is 59.5 Å². The molecule has 1 aliphatic heterocycles. The van der Waals surface area contributed by atoms with Gasteiger partial charge in [0.2, 0.25) is 10.0 Å². The summed E-state index contributed by atoms with van der Waals surface area (Å²) in [6, 6.07) is 15.9. The highest BCUT2D eigenvalue weighted by atomic mass is 32.2. The molecule has 4 nitrogen and oxygen atoms in total. The summed E-state index contributed by atoms with van der Waals surface area (Å²) in [7, 11) is -3.63. The summed E-state index contributed by atoms with van der Waals surface area (Å²) >= 11 is 1.68. The second kappa shape index (κ2) is 8.52. The smallest absolute Gasteiger partial charge is 0.215 e. The van der Waals surface area contributed by atoms with E-state index in [9.17, 15) is 12.8 Å². The minimum Gasteiger partial charge on any atom is -0.381 e. The molecule has 0 unspecified atom stereocenters. The van der Waals surface area contributed by atoms with E-state index in [1.165, 1.54) is 12.1 Å². The van der Waals surface area contributed by atoms with Crippen LogP contribution < -0.4 is 4.72 Å². The molecule has 0 aromatic heterocycles. The number of thioether (sulfide) groups is 1. The van der Waals surface area contributed by atoms with Crippen molar-refractivity contribution in [2.24, 2.45) is 0 Å². The normalized spacial score (nSPS) is 17.1. The molecule has 1 saturated heterocycles. The Kier molecular flexibility index (Phi) is 6.34. The molecule has 2 aromatic carbocycles. The maximum absolute atomic E-state index is 13.8. The van der Waals surface area contributed by atoms with E-state index in [1.807, 2.05) is 30.3 Å². The third-order valence-electron chi connectivity index (χ3n) is 4.40. The first-order chi connectivity index (χ1) is 12.5. The zero-order chi connectivity index (χ0) is 18.5. The van der Waals surface area contributed by atoms with Gasteiger partial charge in [-0.2, -0.15) is 0 Å². The highest BCUT2D eigenvalue weighted by Crippen LogP contribution is 2.40. The molecule has 7 heteroatoms. The molecule has 1 N–H and O–H groups in total. The number of benzene rings is 2. The third kappa shape index (κ3) is 5.30. The number of sulfonamides is 1. The molecule has 0 bridgehead atoms. The first-order valence-corrected chi connectivity index (χ1v) is 11.0. The van der Waals surface area contributed by atoms with Gasteiger partial charge in [-0.05, 0) is 31.0 Å². The number of hydrogen-bond donors (Lipinski definition) is 1. The van der Waals surface area contributed by atoms with E-state index in [0.29, 0.717) is 19.8 Å². The van der Waals surface area contributed by atoms with Crippen LogP contribution in [0, 0.1) is 5.82 Å². The molecule has 0 spiro atoms. The standard InChI is InChI=1S/C19H22FNO3S2/c20-18-9-5-4-6-16(18)14-26(22,23)21-15-19(10-12-24-13-11-19)25-17-7-2-1-3-8-17/h1-9,21H,10-15H2. The second-order valence-electron chi connectivity index (χ2n) is 6.38. The van der Waals surface area contributed by atoms with Gasteiger partial charge < -0.3 is 4.74 Å². The van der Waals surface area contributed by atoms with Gasteiger partial charge in [-0.15, -0.1) is 11.8 Å². The van der Waals surface area contributed by atoms with Gasteiger partial charge >= 0.3 is 0 Å². The predicted molar refractivity (Wildman–Crippen MR) is 102 cm³/mol. The Morgan fingerprint density at radius 3 is 2.38 bits per heavy atom. The summed E-state index contributed by atoms with van der Waals surface area (Å²) < 4.78 is 46.6. The van der Waals surface area contributed by atoms with Crippen molar-refractivity contribution < 1.29 is 17.5 Å². The van der Waals surface area contributed by atoms with Gasteiger partial charge in [0.05, 0.1) is 5.75 Å². The molecule has 26 heavy (non-hydrogen) atoms. The molecule has 0 amide bonds. The van der Waals surface area contributed by atoms with Crippen molar-refractivity contribution in [1.82, 2.24) is 4.72 Å². The SMILES string of the molecule is O=S(=O)(Cc1ccccc1F)NCC1(Sc2ccccc2)CCOCC1. The first kappa shape index (κ1) is 19.4. The lowest BCUT2D eigenvalue weighted by molar-refractivity contribution is 0.0784. The van der Waals surface area contributed by atoms with Crippen molar-refractivity contribution in [2.45, 2.75) is 28.2 Å².